The number of oxazole rings is 1. The summed E-state index contributed by atoms with van der Waals surface area (Å²) in [6, 6.07) is 29.6. The van der Waals surface area contributed by atoms with Crippen molar-refractivity contribution in [3.8, 4) is 28.7 Å². The average molecular weight is 614 g/mol. The molecule has 0 radical (unpaired) electrons. The third-order valence-corrected chi connectivity index (χ3v) is 7.70. The largest absolute Gasteiger partial charge is 1.00 e. The van der Waals surface area contributed by atoms with Gasteiger partial charge in [0.2, 0.25) is 5.89 Å². The van der Waals surface area contributed by atoms with E-state index in [1.54, 1.807) is 7.11 Å². The van der Waals surface area contributed by atoms with E-state index in [0.29, 0.717) is 48.3 Å². The van der Waals surface area contributed by atoms with Crippen molar-refractivity contribution in [2.24, 2.45) is 0 Å². The molecule has 45 heavy (non-hydrogen) atoms. The first-order chi connectivity index (χ1) is 21.5. The van der Waals surface area contributed by atoms with E-state index in [4.69, 9.17) is 18.6 Å². The number of carbonyl (C=O) groups is 1. The second kappa shape index (κ2) is 14.2. The van der Waals surface area contributed by atoms with Gasteiger partial charge in [0.25, 0.3) is 0 Å². The number of benzene rings is 4. The summed E-state index contributed by atoms with van der Waals surface area (Å²) in [6.07, 6.45) is 0.238. The van der Waals surface area contributed by atoms with Gasteiger partial charge in [0.05, 0.1) is 12.6 Å². The van der Waals surface area contributed by atoms with E-state index in [1.165, 1.54) is 0 Å². The molecule has 0 saturated heterocycles. The Labute approximate surface area is 283 Å². The molecule has 8 nitrogen and oxygen atoms in total. The topological polar surface area (TPSA) is 96.0 Å². The molecule has 0 aliphatic carbocycles. The van der Waals surface area contributed by atoms with Gasteiger partial charge < -0.3 is 28.3 Å². The minimum Gasteiger partial charge on any atom is -0.493 e. The molecule has 0 saturated carbocycles. The molecule has 2 aromatic heterocycles. The number of hydrogen-bond donors (Lipinski definition) is 1. The predicted molar refractivity (Wildman–Crippen MR) is 170 cm³/mol. The fourth-order valence-electron chi connectivity index (χ4n) is 5.51. The van der Waals surface area contributed by atoms with Crippen LogP contribution in [-0.2, 0) is 17.9 Å². The van der Waals surface area contributed by atoms with Crippen molar-refractivity contribution in [3.05, 3.63) is 108 Å². The molecule has 2 heterocycles. The molecule has 224 valence electrons. The van der Waals surface area contributed by atoms with Gasteiger partial charge >= 0.3 is 35.5 Å². The van der Waals surface area contributed by atoms with Crippen LogP contribution >= 0.6 is 0 Å². The molecule has 9 heteroatoms. The first-order valence-corrected chi connectivity index (χ1v) is 14.7. The monoisotopic (exact) mass is 613 g/mol. The van der Waals surface area contributed by atoms with Crippen molar-refractivity contribution >= 4 is 27.8 Å². The van der Waals surface area contributed by atoms with Crippen LogP contribution in [0.4, 0.5) is 0 Å². The Bertz CT molecular complexity index is 1930. The van der Waals surface area contributed by atoms with Gasteiger partial charge in [-0.15, -0.1) is 0 Å². The Morgan fingerprint density at radius 2 is 1.69 bits per heavy atom. The van der Waals surface area contributed by atoms with Gasteiger partial charge in [-0.1, -0.05) is 61.9 Å². The Balaban J connectivity index is 0.00000400. The molecule has 0 unspecified atom stereocenters. The molecule has 4 aromatic carbocycles. The van der Waals surface area contributed by atoms with Crippen molar-refractivity contribution in [1.82, 2.24) is 9.55 Å². The molecular formula is C36H34N2NaO6+. The molecule has 0 aliphatic rings. The summed E-state index contributed by atoms with van der Waals surface area (Å²) >= 11 is 0. The first-order valence-electron chi connectivity index (χ1n) is 14.7. The zero-order chi connectivity index (χ0) is 30.6. The van der Waals surface area contributed by atoms with E-state index in [1.807, 2.05) is 98.8 Å². The molecule has 6 rings (SSSR count). The Kier molecular flexibility index (Phi) is 10.2. The van der Waals surface area contributed by atoms with Crippen molar-refractivity contribution in [3.63, 3.8) is 0 Å². The number of fused-ring (bicyclic) bond motifs is 3. The zero-order valence-electron chi connectivity index (χ0n) is 25.9. The van der Waals surface area contributed by atoms with E-state index in [2.05, 4.69) is 15.6 Å². The van der Waals surface area contributed by atoms with Crippen LogP contribution in [0.25, 0.3) is 33.3 Å². The number of nitrogens with zero attached hydrogens (tertiary/aromatic N) is 2. The summed E-state index contributed by atoms with van der Waals surface area (Å²) in [5.41, 5.74) is 4.63. The number of aliphatic carboxylic acids is 1. The van der Waals surface area contributed by atoms with Crippen LogP contribution in [0.15, 0.2) is 95.4 Å². The zero-order valence-corrected chi connectivity index (χ0v) is 27.9. The van der Waals surface area contributed by atoms with Gasteiger partial charge in [0.15, 0.2) is 17.6 Å². The van der Waals surface area contributed by atoms with E-state index >= 15 is 0 Å². The van der Waals surface area contributed by atoms with Gasteiger partial charge in [-0.3, -0.25) is 0 Å². The standard InChI is InChI=1S/C36H34N2O6.Na/c1-4-11-32(36(39)40)44-31-17-10-16-29-34(31)26-14-8-9-15-28(26)38(29)21-24-18-19-30(33(20-24)41-3)42-22-27-23(2)43-35(37-27)25-12-6-5-7-13-25;/h5-10,12-20,32H,4,11,21-22H2,1-3H3,(H,39,40);/q;+1/t32-;/m0./s1. The normalized spacial score (nSPS) is 11.7. The smallest absolute Gasteiger partial charge is 0.493 e. The molecule has 6 aromatic rings. The number of aryl methyl sites for hydroxylation is 1. The fraction of sp³-hybridized carbons (Fsp3) is 0.222. The van der Waals surface area contributed by atoms with Crippen LogP contribution in [0, 0.1) is 6.92 Å². The summed E-state index contributed by atoms with van der Waals surface area (Å²) in [7, 11) is 1.63. The second-order valence-electron chi connectivity index (χ2n) is 10.6. The quantitative estimate of drug-likeness (QED) is 0.194. The maximum Gasteiger partial charge on any atom is 1.00 e. The minimum absolute atomic E-state index is 0. The fourth-order valence-corrected chi connectivity index (χ4v) is 5.51. The molecule has 0 spiro atoms. The third-order valence-electron chi connectivity index (χ3n) is 7.70. The minimum atomic E-state index is -0.961. The summed E-state index contributed by atoms with van der Waals surface area (Å²) in [5, 5.41) is 11.6. The maximum atomic E-state index is 11.9. The summed E-state index contributed by atoms with van der Waals surface area (Å²) in [4.78, 5) is 16.5. The Morgan fingerprint density at radius 3 is 2.44 bits per heavy atom. The first kappa shape index (κ1) is 32.2. The van der Waals surface area contributed by atoms with Crippen LogP contribution in [0.2, 0.25) is 0 Å². The number of carboxylic acids is 1. The average Bonchev–Trinajstić information content (AvgIpc) is 3.58. The Hall–Kier alpha value is -4.24. The van der Waals surface area contributed by atoms with Crippen molar-refractivity contribution < 1.29 is 58.1 Å². The van der Waals surface area contributed by atoms with Gasteiger partial charge in [-0.25, -0.2) is 9.78 Å². The number of hydrogen-bond acceptors (Lipinski definition) is 6. The molecule has 0 bridgehead atoms. The van der Waals surface area contributed by atoms with Gasteiger partial charge in [-0.05, 0) is 61.4 Å². The molecule has 1 atom stereocenters. The summed E-state index contributed by atoms with van der Waals surface area (Å²) in [5.74, 6) is 2.09. The van der Waals surface area contributed by atoms with Gasteiger partial charge in [-0.2, -0.15) is 0 Å². The van der Waals surface area contributed by atoms with Crippen molar-refractivity contribution in [1.29, 1.82) is 0 Å². The number of rotatable bonds is 12. The molecule has 0 fully saturated rings. The SMILES string of the molecule is CCC[C@H](Oc1cccc2c1c1ccccc1n2Cc1ccc(OCc2nc(-c3ccccc3)oc2C)c(OC)c1)C(=O)O.[Na+]. The number of aromatic nitrogens is 2. The van der Waals surface area contributed by atoms with E-state index in [-0.39, 0.29) is 36.2 Å². The summed E-state index contributed by atoms with van der Waals surface area (Å²) in [6.45, 7) is 4.63. The Morgan fingerprint density at radius 1 is 0.933 bits per heavy atom. The van der Waals surface area contributed by atoms with Crippen LogP contribution in [0.1, 0.15) is 36.8 Å². The molecular weight excluding hydrogens is 579 g/mol. The van der Waals surface area contributed by atoms with Gasteiger partial charge in [0, 0.05) is 28.4 Å². The number of para-hydroxylation sites is 1. The van der Waals surface area contributed by atoms with E-state index in [0.717, 1.165) is 38.6 Å². The van der Waals surface area contributed by atoms with Crippen molar-refractivity contribution in [2.75, 3.05) is 7.11 Å². The second-order valence-corrected chi connectivity index (χ2v) is 10.6. The molecule has 0 amide bonds. The van der Waals surface area contributed by atoms with Crippen molar-refractivity contribution in [2.45, 2.75) is 45.9 Å². The van der Waals surface area contributed by atoms with Crippen LogP contribution < -0.4 is 43.8 Å². The van der Waals surface area contributed by atoms with E-state index in [9.17, 15) is 9.90 Å². The van der Waals surface area contributed by atoms with E-state index < -0.39 is 12.1 Å². The van der Waals surface area contributed by atoms with Crippen LogP contribution in [-0.4, -0.2) is 33.8 Å². The summed E-state index contributed by atoms with van der Waals surface area (Å²) < 4.78 is 26.1. The molecule has 1 N–H and O–H groups in total. The predicted octanol–water partition coefficient (Wildman–Crippen LogP) is 5.03. The number of methoxy groups -OCH3 is 1. The number of carboxylic acid groups (broad SMARTS) is 1. The van der Waals surface area contributed by atoms with Crippen LogP contribution in [0.5, 0.6) is 17.2 Å². The number of ether oxygens (including phenoxy) is 3. The maximum absolute atomic E-state index is 11.9. The third kappa shape index (κ3) is 6.73. The van der Waals surface area contributed by atoms with Crippen LogP contribution in [0.3, 0.4) is 0 Å². The molecule has 0 aliphatic heterocycles. The van der Waals surface area contributed by atoms with Gasteiger partial charge in [0.1, 0.15) is 23.8 Å².